The molecule has 6 heteroatoms. The summed E-state index contributed by atoms with van der Waals surface area (Å²) in [7, 11) is -2.54. The zero-order valence-electron chi connectivity index (χ0n) is 21.3. The van der Waals surface area contributed by atoms with Gasteiger partial charge < -0.3 is 14.6 Å². The van der Waals surface area contributed by atoms with Crippen LogP contribution in [0.4, 0.5) is 5.95 Å². The fourth-order valence-corrected chi connectivity index (χ4v) is 10.3. The summed E-state index contributed by atoms with van der Waals surface area (Å²) in [6.45, 7) is 10.4. The number of nitrogens with one attached hydrogen (secondary N) is 1. The maximum atomic E-state index is 7.19. The molecular weight excluding hydrogens is 448 g/mol. The lowest BCUT2D eigenvalue weighted by atomic mass is 9.98. The van der Waals surface area contributed by atoms with Gasteiger partial charge in [0.2, 0.25) is 5.95 Å². The molecule has 5 rings (SSSR count). The monoisotopic (exact) mass is 486 g/mol. The maximum Gasteiger partial charge on any atom is 0.261 e. The Morgan fingerprint density at radius 1 is 0.971 bits per heavy atom. The Morgan fingerprint density at radius 2 is 1.63 bits per heavy atom. The lowest BCUT2D eigenvalue weighted by Gasteiger charge is -2.44. The van der Waals surface area contributed by atoms with Crippen LogP contribution in [-0.2, 0) is 17.3 Å². The van der Waals surface area contributed by atoms with Crippen LogP contribution in [0.5, 0.6) is 0 Å². The van der Waals surface area contributed by atoms with Crippen molar-refractivity contribution in [1.29, 1.82) is 0 Å². The average Bonchev–Trinajstić information content (AvgIpc) is 2.89. The molecule has 0 amide bonds. The minimum absolute atomic E-state index is 0.0222. The van der Waals surface area contributed by atoms with E-state index < -0.39 is 8.32 Å². The Balaban J connectivity index is 1.39. The number of hydrogen-bond donors (Lipinski definition) is 1. The minimum atomic E-state index is -2.54. The second kappa shape index (κ2) is 10.2. The van der Waals surface area contributed by atoms with Gasteiger partial charge in [0.1, 0.15) is 0 Å². The van der Waals surface area contributed by atoms with Gasteiger partial charge in [-0.25, -0.2) is 9.97 Å². The molecule has 1 atom stereocenters. The summed E-state index contributed by atoms with van der Waals surface area (Å²) in [6, 6.07) is 22.0. The lowest BCUT2D eigenvalue weighted by Crippen LogP contribution is -2.68. The smallest absolute Gasteiger partial charge is 0.261 e. The molecule has 3 aromatic rings. The van der Waals surface area contributed by atoms with Crippen LogP contribution in [0.1, 0.15) is 44.9 Å². The van der Waals surface area contributed by atoms with Crippen molar-refractivity contribution in [2.75, 3.05) is 31.1 Å². The molecule has 35 heavy (non-hydrogen) atoms. The highest BCUT2D eigenvalue weighted by atomic mass is 28.4. The first kappa shape index (κ1) is 24.2. The van der Waals surface area contributed by atoms with Crippen LogP contribution in [0.15, 0.2) is 66.9 Å². The van der Waals surface area contributed by atoms with E-state index in [9.17, 15) is 0 Å². The van der Waals surface area contributed by atoms with Crippen molar-refractivity contribution < 1.29 is 4.43 Å². The highest BCUT2D eigenvalue weighted by molar-refractivity contribution is 6.99. The van der Waals surface area contributed by atoms with Crippen LogP contribution in [0, 0.1) is 0 Å². The van der Waals surface area contributed by atoms with E-state index in [4.69, 9.17) is 14.4 Å². The minimum Gasteiger partial charge on any atom is -0.406 e. The van der Waals surface area contributed by atoms with E-state index in [-0.39, 0.29) is 11.1 Å². The number of benzene rings is 2. The quantitative estimate of drug-likeness (QED) is 0.539. The average molecular weight is 487 g/mol. The first-order valence-corrected chi connectivity index (χ1v) is 15.0. The third-order valence-electron chi connectivity index (χ3n) is 7.51. The fraction of sp³-hybridized carbons (Fsp3) is 0.448. The van der Waals surface area contributed by atoms with Crippen LogP contribution in [-0.4, -0.2) is 50.6 Å². The summed E-state index contributed by atoms with van der Waals surface area (Å²) in [4.78, 5) is 12.1. The summed E-state index contributed by atoms with van der Waals surface area (Å²) >= 11 is 0. The molecule has 184 valence electrons. The second-order valence-electron chi connectivity index (χ2n) is 10.9. The SMILES string of the molecule is CC(C)(C)[Si](OC[C@H]1CN(c2ncc3c(n2)CCCC3)CCN1)(c1ccccc1)c1ccccc1. The van der Waals surface area contributed by atoms with Crippen LogP contribution in [0.2, 0.25) is 5.04 Å². The number of rotatable bonds is 6. The molecule has 0 unspecified atom stereocenters. The Kier molecular flexibility index (Phi) is 7.05. The Hall–Kier alpha value is -2.54. The summed E-state index contributed by atoms with van der Waals surface area (Å²) < 4.78 is 7.19. The standard InChI is InChI=1S/C29H38N4OSi/c1-29(2,3)35(25-13-6-4-7-14-25,26-15-8-5-9-16-26)34-22-24-21-33(19-18-30-24)28-31-20-23-12-10-11-17-27(23)32-28/h4-9,13-16,20,24,30H,10-12,17-19,21-22H2,1-3H3/t24-/m1/s1. The Bertz CT molecular complexity index is 1080. The zero-order valence-corrected chi connectivity index (χ0v) is 22.3. The van der Waals surface area contributed by atoms with Crippen LogP contribution in [0.25, 0.3) is 0 Å². The van der Waals surface area contributed by atoms with E-state index in [1.54, 1.807) is 0 Å². The predicted octanol–water partition coefficient (Wildman–Crippen LogP) is 3.71. The van der Waals surface area contributed by atoms with E-state index in [0.717, 1.165) is 38.4 Å². The number of nitrogens with zero attached hydrogens (tertiary/aromatic N) is 3. The molecule has 2 heterocycles. The molecular formula is C29H38N4OSi. The molecule has 2 aliphatic rings. The van der Waals surface area contributed by atoms with Crippen molar-refractivity contribution in [3.63, 3.8) is 0 Å². The molecule has 1 saturated heterocycles. The van der Waals surface area contributed by atoms with Gasteiger partial charge in [0, 0.05) is 37.6 Å². The van der Waals surface area contributed by atoms with Crippen molar-refractivity contribution in [3.05, 3.63) is 78.1 Å². The maximum absolute atomic E-state index is 7.19. The van der Waals surface area contributed by atoms with E-state index in [1.807, 2.05) is 0 Å². The molecule has 1 fully saturated rings. The van der Waals surface area contributed by atoms with Gasteiger partial charge in [-0.2, -0.15) is 0 Å². The summed E-state index contributed by atoms with van der Waals surface area (Å²) in [5, 5.41) is 6.33. The van der Waals surface area contributed by atoms with Crippen LogP contribution >= 0.6 is 0 Å². The molecule has 1 aliphatic heterocycles. The van der Waals surface area contributed by atoms with Crippen LogP contribution < -0.4 is 20.6 Å². The largest absolute Gasteiger partial charge is 0.406 e. The van der Waals surface area contributed by atoms with Gasteiger partial charge in [-0.3, -0.25) is 0 Å². The molecule has 0 spiro atoms. The molecule has 2 aromatic carbocycles. The van der Waals surface area contributed by atoms with Crippen molar-refractivity contribution in [2.24, 2.45) is 0 Å². The van der Waals surface area contributed by atoms with Gasteiger partial charge in [0.25, 0.3) is 8.32 Å². The first-order valence-electron chi connectivity index (χ1n) is 13.1. The highest BCUT2D eigenvalue weighted by Gasteiger charge is 2.50. The third-order valence-corrected chi connectivity index (χ3v) is 12.5. The normalized spacial score (nSPS) is 18.8. The molecule has 1 N–H and O–H groups in total. The van der Waals surface area contributed by atoms with E-state index in [2.05, 4.69) is 97.8 Å². The molecule has 5 nitrogen and oxygen atoms in total. The number of piperazine rings is 1. The van der Waals surface area contributed by atoms with E-state index in [0.29, 0.717) is 6.61 Å². The van der Waals surface area contributed by atoms with E-state index in [1.165, 1.54) is 34.5 Å². The number of aromatic nitrogens is 2. The van der Waals surface area contributed by atoms with Gasteiger partial charge in [-0.1, -0.05) is 81.4 Å². The summed E-state index contributed by atoms with van der Waals surface area (Å²) in [5.74, 6) is 0.877. The first-order chi connectivity index (χ1) is 17.0. The predicted molar refractivity (Wildman–Crippen MR) is 146 cm³/mol. The molecule has 0 bridgehead atoms. The van der Waals surface area contributed by atoms with Gasteiger partial charge in [0.15, 0.2) is 0 Å². The second-order valence-corrected chi connectivity index (χ2v) is 15.2. The van der Waals surface area contributed by atoms with Gasteiger partial charge >= 0.3 is 0 Å². The summed E-state index contributed by atoms with van der Waals surface area (Å²) in [5.41, 5.74) is 2.58. The molecule has 0 saturated carbocycles. The van der Waals surface area contributed by atoms with Crippen molar-refractivity contribution in [1.82, 2.24) is 15.3 Å². The van der Waals surface area contributed by atoms with Crippen molar-refractivity contribution >= 4 is 24.6 Å². The topological polar surface area (TPSA) is 50.3 Å². The van der Waals surface area contributed by atoms with E-state index >= 15 is 0 Å². The third kappa shape index (κ3) is 4.92. The van der Waals surface area contributed by atoms with Crippen LogP contribution in [0.3, 0.4) is 0 Å². The number of fused-ring (bicyclic) bond motifs is 1. The lowest BCUT2D eigenvalue weighted by molar-refractivity contribution is 0.242. The van der Waals surface area contributed by atoms with Gasteiger partial charge in [-0.15, -0.1) is 0 Å². The fourth-order valence-electron chi connectivity index (χ4n) is 5.72. The van der Waals surface area contributed by atoms with Gasteiger partial charge in [0.05, 0.1) is 6.61 Å². The zero-order chi connectivity index (χ0) is 24.3. The number of aryl methyl sites for hydroxylation is 2. The molecule has 1 aliphatic carbocycles. The van der Waals surface area contributed by atoms with Gasteiger partial charge in [-0.05, 0) is 46.7 Å². The van der Waals surface area contributed by atoms with Crippen molar-refractivity contribution in [2.45, 2.75) is 57.5 Å². The molecule has 1 aromatic heterocycles. The highest BCUT2D eigenvalue weighted by Crippen LogP contribution is 2.37. The Labute approximate surface area is 211 Å². The number of hydrogen-bond acceptors (Lipinski definition) is 5. The molecule has 0 radical (unpaired) electrons. The summed E-state index contributed by atoms with van der Waals surface area (Å²) in [6.07, 6.45) is 6.75. The Morgan fingerprint density at radius 3 is 2.29 bits per heavy atom. The number of anilines is 1. The van der Waals surface area contributed by atoms with Crippen molar-refractivity contribution in [3.8, 4) is 0 Å².